The minimum absolute atomic E-state index is 0.239. The topological polar surface area (TPSA) is 99.1 Å². The van der Waals surface area contributed by atoms with Crippen molar-refractivity contribution in [3.8, 4) is 0 Å². The molecule has 1 fully saturated rings. The third-order valence-electron chi connectivity index (χ3n) is 4.15. The highest BCUT2D eigenvalue weighted by Crippen LogP contribution is 2.37. The predicted octanol–water partition coefficient (Wildman–Crippen LogP) is 2.33. The van der Waals surface area contributed by atoms with Gasteiger partial charge in [0, 0.05) is 0 Å². The van der Waals surface area contributed by atoms with Crippen molar-refractivity contribution in [3.63, 3.8) is 0 Å². The van der Waals surface area contributed by atoms with E-state index in [9.17, 15) is 21.6 Å². The zero-order valence-electron chi connectivity index (χ0n) is 13.1. The lowest BCUT2D eigenvalue weighted by Crippen LogP contribution is -2.44. The van der Waals surface area contributed by atoms with Crippen molar-refractivity contribution in [2.75, 3.05) is 5.75 Å². The van der Waals surface area contributed by atoms with Crippen LogP contribution < -0.4 is 5.73 Å². The van der Waals surface area contributed by atoms with Gasteiger partial charge in [0.25, 0.3) is 0 Å². The first-order chi connectivity index (χ1) is 11.6. The quantitative estimate of drug-likeness (QED) is 0.861. The van der Waals surface area contributed by atoms with Crippen LogP contribution >= 0.6 is 0 Å². The van der Waals surface area contributed by atoms with Gasteiger partial charge in [0.2, 0.25) is 5.89 Å². The van der Waals surface area contributed by atoms with Gasteiger partial charge in [-0.1, -0.05) is 17.3 Å². The third kappa shape index (κ3) is 4.01. The average Bonchev–Trinajstić information content (AvgIpc) is 2.91. The molecule has 0 saturated heterocycles. The maximum absolute atomic E-state index is 12.3. The number of alkyl halides is 3. The maximum Gasteiger partial charge on any atom is 0.403 e. The fourth-order valence-electron chi connectivity index (χ4n) is 2.60. The van der Waals surface area contributed by atoms with Crippen molar-refractivity contribution in [1.29, 1.82) is 0 Å². The van der Waals surface area contributed by atoms with E-state index in [0.29, 0.717) is 17.3 Å². The van der Waals surface area contributed by atoms with Gasteiger partial charge in [0.05, 0.1) is 16.9 Å². The van der Waals surface area contributed by atoms with Crippen LogP contribution in [-0.2, 0) is 21.8 Å². The largest absolute Gasteiger partial charge is 0.403 e. The molecular formula is C15H16F3N3O3S. The monoisotopic (exact) mass is 375 g/mol. The van der Waals surface area contributed by atoms with Crippen molar-refractivity contribution in [2.24, 2.45) is 5.73 Å². The highest BCUT2D eigenvalue weighted by atomic mass is 32.2. The number of rotatable bonds is 5. The minimum atomic E-state index is -4.78. The first-order valence-electron chi connectivity index (χ1n) is 7.58. The molecule has 1 aliphatic carbocycles. The van der Waals surface area contributed by atoms with Gasteiger partial charge in [-0.05, 0) is 37.0 Å². The first kappa shape index (κ1) is 17.9. The Balaban J connectivity index is 1.71. The standard InChI is InChI=1S/C15H16F3N3O3S/c16-15(17,18)9-25(22,23)11-4-2-10(3-5-11)8-12-20-13(21-24-12)14(19)6-1-7-14/h2-5H,1,6-9,19H2. The maximum atomic E-state index is 12.3. The van der Waals surface area contributed by atoms with Crippen LogP contribution in [0.15, 0.2) is 33.7 Å². The van der Waals surface area contributed by atoms with E-state index in [1.165, 1.54) is 12.1 Å². The van der Waals surface area contributed by atoms with Gasteiger partial charge in [-0.15, -0.1) is 0 Å². The molecule has 2 aromatic rings. The smallest absolute Gasteiger partial charge is 0.339 e. The van der Waals surface area contributed by atoms with Crippen LogP contribution in [-0.4, -0.2) is 30.5 Å². The summed E-state index contributed by atoms with van der Waals surface area (Å²) in [6.07, 6.45) is -1.95. The number of hydrogen-bond acceptors (Lipinski definition) is 6. The summed E-state index contributed by atoms with van der Waals surface area (Å²) in [6, 6.07) is 5.14. The lowest BCUT2D eigenvalue weighted by molar-refractivity contribution is -0.106. The van der Waals surface area contributed by atoms with Crippen molar-refractivity contribution >= 4 is 9.84 Å². The van der Waals surface area contributed by atoms with E-state index >= 15 is 0 Å². The Hall–Kier alpha value is -1.94. The number of nitrogens with zero attached hydrogens (tertiary/aromatic N) is 2. The summed E-state index contributed by atoms with van der Waals surface area (Å²) in [6.45, 7) is 0. The number of hydrogen-bond donors (Lipinski definition) is 1. The van der Waals surface area contributed by atoms with Crippen molar-refractivity contribution in [2.45, 2.75) is 42.3 Å². The molecule has 1 aromatic carbocycles. The Bertz CT molecular complexity index is 856. The summed E-state index contributed by atoms with van der Waals surface area (Å²) < 4.78 is 65.5. The molecule has 0 atom stereocenters. The highest BCUT2D eigenvalue weighted by molar-refractivity contribution is 7.91. The molecule has 6 nitrogen and oxygen atoms in total. The molecule has 0 spiro atoms. The van der Waals surface area contributed by atoms with E-state index in [0.717, 1.165) is 31.4 Å². The molecule has 0 amide bonds. The van der Waals surface area contributed by atoms with Gasteiger partial charge < -0.3 is 10.3 Å². The number of aromatic nitrogens is 2. The Morgan fingerprint density at radius 1 is 1.20 bits per heavy atom. The SMILES string of the molecule is NC1(c2noc(Cc3ccc(S(=O)(=O)CC(F)(F)F)cc3)n2)CCC1. The first-order valence-corrected chi connectivity index (χ1v) is 9.23. The summed E-state index contributed by atoms with van der Waals surface area (Å²) in [4.78, 5) is 3.87. The normalized spacial score (nSPS) is 17.3. The van der Waals surface area contributed by atoms with Gasteiger partial charge in [-0.25, -0.2) is 8.42 Å². The summed E-state index contributed by atoms with van der Waals surface area (Å²) in [5, 5.41) is 3.87. The molecule has 10 heteroatoms. The number of benzene rings is 1. The minimum Gasteiger partial charge on any atom is -0.339 e. The molecule has 2 N–H and O–H groups in total. The van der Waals surface area contributed by atoms with Crippen LogP contribution in [0.4, 0.5) is 13.2 Å². The second-order valence-corrected chi connectivity index (χ2v) is 8.21. The molecule has 0 unspecified atom stereocenters. The Labute approximate surface area is 142 Å². The molecule has 0 aliphatic heterocycles. The van der Waals surface area contributed by atoms with Crippen LogP contribution in [0, 0.1) is 0 Å². The summed E-state index contributed by atoms with van der Waals surface area (Å²) >= 11 is 0. The molecule has 1 saturated carbocycles. The van der Waals surface area contributed by atoms with Gasteiger partial charge >= 0.3 is 6.18 Å². The lowest BCUT2D eigenvalue weighted by Gasteiger charge is -2.34. The molecule has 25 heavy (non-hydrogen) atoms. The van der Waals surface area contributed by atoms with Crippen molar-refractivity contribution < 1.29 is 26.1 Å². The number of halogens is 3. The number of sulfone groups is 1. The van der Waals surface area contributed by atoms with Gasteiger partial charge in [0.1, 0.15) is 0 Å². The van der Waals surface area contributed by atoms with E-state index in [2.05, 4.69) is 10.1 Å². The van der Waals surface area contributed by atoms with Crippen LogP contribution in [0.2, 0.25) is 0 Å². The second-order valence-electron chi connectivity index (χ2n) is 6.22. The average molecular weight is 375 g/mol. The van der Waals surface area contributed by atoms with Crippen molar-refractivity contribution in [1.82, 2.24) is 10.1 Å². The van der Waals surface area contributed by atoms with Gasteiger partial charge in [-0.3, -0.25) is 0 Å². The number of nitrogens with two attached hydrogens (primary N) is 1. The molecule has 1 aliphatic rings. The van der Waals surface area contributed by atoms with Crippen LogP contribution in [0.25, 0.3) is 0 Å². The molecular weight excluding hydrogens is 359 g/mol. The second kappa shape index (κ2) is 6.10. The van der Waals surface area contributed by atoms with Crippen LogP contribution in [0.1, 0.15) is 36.5 Å². The molecule has 1 heterocycles. The van der Waals surface area contributed by atoms with E-state index in [-0.39, 0.29) is 11.3 Å². The van der Waals surface area contributed by atoms with Crippen LogP contribution in [0.5, 0.6) is 0 Å². The fourth-order valence-corrected chi connectivity index (χ4v) is 3.75. The fraction of sp³-hybridized carbons (Fsp3) is 0.467. The summed E-state index contributed by atoms with van der Waals surface area (Å²) in [5.74, 6) is -1.12. The predicted molar refractivity (Wildman–Crippen MR) is 81.4 cm³/mol. The Kier molecular flexibility index (Phi) is 4.36. The molecule has 0 bridgehead atoms. The molecule has 0 radical (unpaired) electrons. The Morgan fingerprint density at radius 3 is 2.36 bits per heavy atom. The van der Waals surface area contributed by atoms with E-state index in [4.69, 9.17) is 10.3 Å². The summed E-state index contributed by atoms with van der Waals surface area (Å²) in [7, 11) is -4.41. The molecule has 136 valence electrons. The zero-order valence-corrected chi connectivity index (χ0v) is 13.9. The zero-order chi connectivity index (χ0) is 18.3. The highest BCUT2D eigenvalue weighted by Gasteiger charge is 2.39. The third-order valence-corrected chi connectivity index (χ3v) is 5.85. The van der Waals surface area contributed by atoms with Gasteiger partial charge in [-0.2, -0.15) is 18.2 Å². The molecule has 1 aromatic heterocycles. The van der Waals surface area contributed by atoms with Gasteiger partial charge in [0.15, 0.2) is 21.4 Å². The Morgan fingerprint density at radius 2 is 1.84 bits per heavy atom. The summed E-state index contributed by atoms with van der Waals surface area (Å²) in [5.41, 5.74) is 6.20. The van der Waals surface area contributed by atoms with E-state index in [1.807, 2.05) is 0 Å². The lowest BCUT2D eigenvalue weighted by atomic mass is 9.77. The van der Waals surface area contributed by atoms with Crippen LogP contribution in [0.3, 0.4) is 0 Å². The van der Waals surface area contributed by atoms with E-state index in [1.54, 1.807) is 0 Å². The van der Waals surface area contributed by atoms with Crippen molar-refractivity contribution in [3.05, 3.63) is 41.5 Å². The molecule has 3 rings (SSSR count). The van der Waals surface area contributed by atoms with E-state index < -0.39 is 27.3 Å².